The lowest BCUT2D eigenvalue weighted by Crippen LogP contribution is -2.03. The number of nitrogens with zero attached hydrogens (tertiary/aromatic N) is 1. The van der Waals surface area contributed by atoms with Gasteiger partial charge in [0.15, 0.2) is 5.78 Å². The van der Waals surface area contributed by atoms with Crippen molar-refractivity contribution in [2.24, 2.45) is 0 Å². The molecule has 0 N–H and O–H groups in total. The first-order chi connectivity index (χ1) is 8.16. The molecule has 1 aromatic carbocycles. The molecule has 1 heterocycles. The molecular formula is C13H9Cl2NO. The first-order valence-corrected chi connectivity index (χ1v) is 5.79. The average molecular weight is 266 g/mol. The summed E-state index contributed by atoms with van der Waals surface area (Å²) in [7, 11) is 0. The Kier molecular flexibility index (Phi) is 3.77. The zero-order valence-electron chi connectivity index (χ0n) is 8.86. The summed E-state index contributed by atoms with van der Waals surface area (Å²) in [4.78, 5) is 15.8. The first kappa shape index (κ1) is 12.1. The second-order valence-corrected chi connectivity index (χ2v) is 4.40. The van der Waals surface area contributed by atoms with E-state index in [1.165, 1.54) is 0 Å². The molecule has 0 saturated heterocycles. The number of aromatic nitrogens is 1. The van der Waals surface area contributed by atoms with Crippen LogP contribution in [-0.2, 0) is 6.42 Å². The van der Waals surface area contributed by atoms with Gasteiger partial charge in [-0.2, -0.15) is 0 Å². The summed E-state index contributed by atoms with van der Waals surface area (Å²) < 4.78 is 0. The third kappa shape index (κ3) is 3.05. The van der Waals surface area contributed by atoms with Gasteiger partial charge in [-0.3, -0.25) is 9.78 Å². The van der Waals surface area contributed by atoms with Crippen LogP contribution in [0, 0.1) is 0 Å². The summed E-state index contributed by atoms with van der Waals surface area (Å²) in [5, 5.41) is 0.951. The van der Waals surface area contributed by atoms with Gasteiger partial charge in [0.1, 0.15) is 0 Å². The summed E-state index contributed by atoms with van der Waals surface area (Å²) in [6.45, 7) is 0. The number of Topliss-reactive ketones (excluding diaryl/α,β-unsaturated/α-hetero) is 1. The molecule has 17 heavy (non-hydrogen) atoms. The lowest BCUT2D eigenvalue weighted by molar-refractivity contribution is 0.0992. The highest BCUT2D eigenvalue weighted by Crippen LogP contribution is 2.23. The molecule has 0 fully saturated rings. The standard InChI is InChI=1S/C13H9Cl2NO/c14-11-4-3-9(6-12(11)15)7-13(17)10-2-1-5-16-8-10/h1-6,8H,7H2. The topological polar surface area (TPSA) is 30.0 Å². The van der Waals surface area contributed by atoms with Crippen LogP contribution >= 0.6 is 23.2 Å². The summed E-state index contributed by atoms with van der Waals surface area (Å²) in [6.07, 6.45) is 3.48. The van der Waals surface area contributed by atoms with E-state index in [9.17, 15) is 4.79 Å². The summed E-state index contributed by atoms with van der Waals surface area (Å²) >= 11 is 11.7. The third-order valence-corrected chi connectivity index (χ3v) is 3.07. The second-order valence-electron chi connectivity index (χ2n) is 3.59. The number of hydrogen-bond donors (Lipinski definition) is 0. The molecule has 2 aromatic rings. The van der Waals surface area contributed by atoms with Crippen molar-refractivity contribution in [1.29, 1.82) is 0 Å². The fourth-order valence-corrected chi connectivity index (χ4v) is 1.79. The molecule has 0 saturated carbocycles. The largest absolute Gasteiger partial charge is 0.294 e. The van der Waals surface area contributed by atoms with E-state index in [0.717, 1.165) is 5.56 Å². The molecule has 0 amide bonds. The minimum absolute atomic E-state index is 0.0106. The molecule has 1 aromatic heterocycles. The van der Waals surface area contributed by atoms with E-state index < -0.39 is 0 Å². The molecule has 2 rings (SSSR count). The van der Waals surface area contributed by atoms with E-state index in [1.54, 1.807) is 42.7 Å². The Bertz CT molecular complexity index is 540. The molecule has 86 valence electrons. The van der Waals surface area contributed by atoms with Gasteiger partial charge in [-0.25, -0.2) is 0 Å². The molecule has 0 spiro atoms. The van der Waals surface area contributed by atoms with Gasteiger partial charge in [0.25, 0.3) is 0 Å². The Morgan fingerprint density at radius 3 is 2.65 bits per heavy atom. The summed E-state index contributed by atoms with van der Waals surface area (Å²) in [5.74, 6) is 0.0106. The molecule has 0 radical (unpaired) electrons. The van der Waals surface area contributed by atoms with Crippen LogP contribution in [0.3, 0.4) is 0 Å². The van der Waals surface area contributed by atoms with Gasteiger partial charge in [-0.15, -0.1) is 0 Å². The van der Waals surface area contributed by atoms with Gasteiger partial charge in [0, 0.05) is 24.4 Å². The number of halogens is 2. The van der Waals surface area contributed by atoms with Crippen molar-refractivity contribution in [3.8, 4) is 0 Å². The molecule has 4 heteroatoms. The fraction of sp³-hybridized carbons (Fsp3) is 0.0769. The molecular weight excluding hydrogens is 257 g/mol. The highest BCUT2D eigenvalue weighted by Gasteiger charge is 2.08. The Morgan fingerprint density at radius 2 is 2.00 bits per heavy atom. The van der Waals surface area contributed by atoms with Crippen LogP contribution in [0.15, 0.2) is 42.7 Å². The predicted octanol–water partition coefficient (Wildman–Crippen LogP) is 3.81. The van der Waals surface area contributed by atoms with Crippen LogP contribution in [0.5, 0.6) is 0 Å². The van der Waals surface area contributed by atoms with Gasteiger partial charge >= 0.3 is 0 Å². The van der Waals surface area contributed by atoms with Crippen molar-refractivity contribution in [1.82, 2.24) is 4.98 Å². The van der Waals surface area contributed by atoms with Gasteiger partial charge in [-0.05, 0) is 29.8 Å². The van der Waals surface area contributed by atoms with Gasteiger partial charge in [-0.1, -0.05) is 29.3 Å². The predicted molar refractivity (Wildman–Crippen MR) is 68.7 cm³/mol. The van der Waals surface area contributed by atoms with Crippen LogP contribution in [0.2, 0.25) is 10.0 Å². The Balaban J connectivity index is 2.16. The van der Waals surface area contributed by atoms with Crippen LogP contribution in [-0.4, -0.2) is 10.8 Å². The monoisotopic (exact) mass is 265 g/mol. The van der Waals surface area contributed by atoms with E-state index >= 15 is 0 Å². The molecule has 0 aliphatic heterocycles. The Labute approximate surface area is 109 Å². The van der Waals surface area contributed by atoms with Crippen molar-refractivity contribution in [3.63, 3.8) is 0 Å². The second kappa shape index (κ2) is 5.30. The van der Waals surface area contributed by atoms with Crippen molar-refractivity contribution in [2.75, 3.05) is 0 Å². The van der Waals surface area contributed by atoms with Crippen LogP contribution in [0.1, 0.15) is 15.9 Å². The van der Waals surface area contributed by atoms with Crippen LogP contribution in [0.25, 0.3) is 0 Å². The van der Waals surface area contributed by atoms with E-state index in [-0.39, 0.29) is 5.78 Å². The molecule has 0 aliphatic rings. The molecule has 0 atom stereocenters. The van der Waals surface area contributed by atoms with E-state index in [4.69, 9.17) is 23.2 Å². The number of ketones is 1. The van der Waals surface area contributed by atoms with Gasteiger partial charge < -0.3 is 0 Å². The van der Waals surface area contributed by atoms with E-state index in [0.29, 0.717) is 22.0 Å². The van der Waals surface area contributed by atoms with Crippen molar-refractivity contribution >= 4 is 29.0 Å². The minimum atomic E-state index is 0.0106. The lowest BCUT2D eigenvalue weighted by Gasteiger charge is -2.02. The average Bonchev–Trinajstić information content (AvgIpc) is 2.35. The first-order valence-electron chi connectivity index (χ1n) is 5.04. The highest BCUT2D eigenvalue weighted by atomic mass is 35.5. The number of hydrogen-bond acceptors (Lipinski definition) is 2. The molecule has 0 bridgehead atoms. The highest BCUT2D eigenvalue weighted by molar-refractivity contribution is 6.42. The number of pyridine rings is 1. The van der Waals surface area contributed by atoms with Crippen molar-refractivity contribution in [3.05, 3.63) is 63.9 Å². The number of benzene rings is 1. The normalized spacial score (nSPS) is 10.2. The van der Waals surface area contributed by atoms with Crippen molar-refractivity contribution < 1.29 is 4.79 Å². The van der Waals surface area contributed by atoms with Gasteiger partial charge in [0.05, 0.1) is 10.0 Å². The van der Waals surface area contributed by atoms with E-state index in [1.807, 2.05) is 0 Å². The maximum atomic E-state index is 11.9. The van der Waals surface area contributed by atoms with Crippen molar-refractivity contribution in [2.45, 2.75) is 6.42 Å². The molecule has 2 nitrogen and oxygen atoms in total. The maximum absolute atomic E-state index is 11.9. The minimum Gasteiger partial charge on any atom is -0.294 e. The lowest BCUT2D eigenvalue weighted by atomic mass is 10.0. The SMILES string of the molecule is O=C(Cc1ccc(Cl)c(Cl)c1)c1cccnc1. The van der Waals surface area contributed by atoms with E-state index in [2.05, 4.69) is 4.98 Å². The Morgan fingerprint density at radius 1 is 1.18 bits per heavy atom. The smallest absolute Gasteiger partial charge is 0.168 e. The van der Waals surface area contributed by atoms with Gasteiger partial charge in [0.2, 0.25) is 0 Å². The summed E-state index contributed by atoms with van der Waals surface area (Å²) in [5.41, 5.74) is 1.44. The maximum Gasteiger partial charge on any atom is 0.168 e. The number of carbonyl (C=O) groups excluding carboxylic acids is 1. The molecule has 0 unspecified atom stereocenters. The van der Waals surface area contributed by atoms with Crippen LogP contribution in [0.4, 0.5) is 0 Å². The molecule has 0 aliphatic carbocycles. The zero-order chi connectivity index (χ0) is 12.3. The number of rotatable bonds is 3. The summed E-state index contributed by atoms with van der Waals surface area (Å²) in [6, 6.07) is 8.67. The quantitative estimate of drug-likeness (QED) is 0.790. The number of carbonyl (C=O) groups is 1. The third-order valence-electron chi connectivity index (χ3n) is 2.33. The Hall–Kier alpha value is -1.38. The fourth-order valence-electron chi connectivity index (χ4n) is 1.46. The van der Waals surface area contributed by atoms with Crippen LogP contribution < -0.4 is 0 Å². The zero-order valence-corrected chi connectivity index (χ0v) is 10.4.